The van der Waals surface area contributed by atoms with Crippen molar-refractivity contribution >= 4 is 0 Å². The van der Waals surface area contributed by atoms with Gasteiger partial charge in [-0.3, -0.25) is 0 Å². The van der Waals surface area contributed by atoms with Crippen molar-refractivity contribution in [1.29, 1.82) is 0 Å². The molecule has 0 saturated heterocycles. The van der Waals surface area contributed by atoms with Gasteiger partial charge in [0, 0.05) is 0 Å². The van der Waals surface area contributed by atoms with E-state index in [-0.39, 0.29) is 0 Å². The molecule has 0 heteroatoms. The summed E-state index contributed by atoms with van der Waals surface area (Å²) in [5.74, 6) is 4.20. The summed E-state index contributed by atoms with van der Waals surface area (Å²) in [4.78, 5) is 0. The molecular formula is C20H42. The molecule has 0 heterocycles. The molecule has 20 heavy (non-hydrogen) atoms. The molecule has 0 amide bonds. The van der Waals surface area contributed by atoms with Crippen molar-refractivity contribution in [3.63, 3.8) is 0 Å². The van der Waals surface area contributed by atoms with E-state index >= 15 is 0 Å². The number of rotatable bonds is 10. The van der Waals surface area contributed by atoms with Gasteiger partial charge in [0.1, 0.15) is 0 Å². The molecule has 4 atom stereocenters. The average molecular weight is 283 g/mol. The zero-order chi connectivity index (χ0) is 15.9. The predicted molar refractivity (Wildman–Crippen MR) is 94.0 cm³/mol. The lowest BCUT2D eigenvalue weighted by Gasteiger charge is -2.40. The molecule has 0 spiro atoms. The summed E-state index contributed by atoms with van der Waals surface area (Å²) < 4.78 is 0. The average Bonchev–Trinajstić information content (AvgIpc) is 2.34. The fourth-order valence-corrected chi connectivity index (χ4v) is 3.67. The van der Waals surface area contributed by atoms with E-state index in [2.05, 4.69) is 62.3 Å². The van der Waals surface area contributed by atoms with Crippen LogP contribution in [0.15, 0.2) is 0 Å². The first-order valence-electron chi connectivity index (χ1n) is 9.14. The van der Waals surface area contributed by atoms with Crippen LogP contribution in [-0.4, -0.2) is 0 Å². The molecule has 4 unspecified atom stereocenters. The van der Waals surface area contributed by atoms with Gasteiger partial charge in [0.2, 0.25) is 0 Å². The van der Waals surface area contributed by atoms with E-state index in [1.54, 1.807) is 0 Å². The third-order valence-electron chi connectivity index (χ3n) is 5.99. The molecule has 122 valence electrons. The second-order valence-corrected chi connectivity index (χ2v) is 8.54. The molecule has 0 fully saturated rings. The van der Waals surface area contributed by atoms with Crippen molar-refractivity contribution in [3.8, 4) is 0 Å². The van der Waals surface area contributed by atoms with Crippen LogP contribution in [0.2, 0.25) is 0 Å². The lowest BCUT2D eigenvalue weighted by molar-refractivity contribution is 0.0986. The molecule has 0 nitrogen and oxygen atoms in total. The Kier molecular flexibility index (Phi) is 9.11. The van der Waals surface area contributed by atoms with E-state index in [0.717, 1.165) is 29.6 Å². The first-order chi connectivity index (χ1) is 9.14. The van der Waals surface area contributed by atoms with Gasteiger partial charge in [-0.05, 0) is 47.8 Å². The number of hydrogen-bond acceptors (Lipinski definition) is 0. The summed E-state index contributed by atoms with van der Waals surface area (Å²) in [6, 6.07) is 0. The Morgan fingerprint density at radius 3 is 1.75 bits per heavy atom. The Bertz CT molecular complexity index is 240. The van der Waals surface area contributed by atoms with Gasteiger partial charge >= 0.3 is 0 Å². The van der Waals surface area contributed by atoms with Crippen LogP contribution in [-0.2, 0) is 0 Å². The van der Waals surface area contributed by atoms with Crippen LogP contribution in [0.3, 0.4) is 0 Å². The Balaban J connectivity index is 4.51. The molecule has 0 aliphatic carbocycles. The first kappa shape index (κ1) is 20.0. The van der Waals surface area contributed by atoms with Crippen LogP contribution in [0.5, 0.6) is 0 Å². The van der Waals surface area contributed by atoms with E-state index < -0.39 is 0 Å². The maximum atomic E-state index is 2.55. The third kappa shape index (κ3) is 6.64. The molecule has 0 radical (unpaired) electrons. The SMILES string of the molecule is CCCC(C)(CC(C)CCC(C)C(C)C)C(C)C(C)C. The molecule has 0 N–H and O–H groups in total. The summed E-state index contributed by atoms with van der Waals surface area (Å²) in [6.45, 7) is 21.8. The third-order valence-corrected chi connectivity index (χ3v) is 5.99. The van der Waals surface area contributed by atoms with Gasteiger partial charge in [-0.1, -0.05) is 81.6 Å². The fourth-order valence-electron chi connectivity index (χ4n) is 3.67. The van der Waals surface area contributed by atoms with Gasteiger partial charge in [-0.25, -0.2) is 0 Å². The predicted octanol–water partition coefficient (Wildman–Crippen LogP) is 7.18. The molecular weight excluding hydrogens is 240 g/mol. The Labute approximate surface area is 130 Å². The van der Waals surface area contributed by atoms with Crippen LogP contribution in [0.4, 0.5) is 0 Å². The van der Waals surface area contributed by atoms with Crippen molar-refractivity contribution in [2.24, 2.45) is 35.0 Å². The van der Waals surface area contributed by atoms with E-state index in [1.807, 2.05) is 0 Å². The van der Waals surface area contributed by atoms with E-state index in [0.29, 0.717) is 5.41 Å². The Morgan fingerprint density at radius 2 is 1.35 bits per heavy atom. The molecule has 0 aromatic rings. The maximum absolute atomic E-state index is 2.55. The highest BCUT2D eigenvalue weighted by Gasteiger charge is 2.33. The lowest BCUT2D eigenvalue weighted by Crippen LogP contribution is -2.31. The highest BCUT2D eigenvalue weighted by Crippen LogP contribution is 2.43. The van der Waals surface area contributed by atoms with Crippen LogP contribution in [0.25, 0.3) is 0 Å². The molecule has 0 aliphatic heterocycles. The van der Waals surface area contributed by atoms with Crippen molar-refractivity contribution < 1.29 is 0 Å². The topological polar surface area (TPSA) is 0 Å². The second-order valence-electron chi connectivity index (χ2n) is 8.54. The largest absolute Gasteiger partial charge is 0.0654 e. The Morgan fingerprint density at radius 1 is 0.800 bits per heavy atom. The fraction of sp³-hybridized carbons (Fsp3) is 1.00. The van der Waals surface area contributed by atoms with E-state index in [1.165, 1.54) is 32.1 Å². The zero-order valence-corrected chi connectivity index (χ0v) is 15.9. The van der Waals surface area contributed by atoms with Crippen LogP contribution < -0.4 is 0 Å². The van der Waals surface area contributed by atoms with Crippen molar-refractivity contribution in [2.45, 2.75) is 94.4 Å². The number of hydrogen-bond donors (Lipinski definition) is 0. The standard InChI is InChI=1S/C20H42/c1-10-13-20(9,19(8)16(4)5)14-17(6)11-12-18(7)15(2)3/h15-19H,10-14H2,1-9H3. The van der Waals surface area contributed by atoms with E-state index in [4.69, 9.17) is 0 Å². The Hall–Kier alpha value is 0. The normalized spacial score (nSPS) is 19.9. The smallest absolute Gasteiger partial charge is 0.0295 e. The molecule has 0 bridgehead atoms. The highest BCUT2D eigenvalue weighted by atomic mass is 14.4. The summed E-state index contributed by atoms with van der Waals surface area (Å²) in [5.41, 5.74) is 0.531. The van der Waals surface area contributed by atoms with Gasteiger partial charge in [-0.2, -0.15) is 0 Å². The van der Waals surface area contributed by atoms with Gasteiger partial charge in [0.25, 0.3) is 0 Å². The highest BCUT2D eigenvalue weighted by molar-refractivity contribution is 4.83. The van der Waals surface area contributed by atoms with E-state index in [9.17, 15) is 0 Å². The summed E-state index contributed by atoms with van der Waals surface area (Å²) in [6.07, 6.45) is 6.92. The van der Waals surface area contributed by atoms with Crippen LogP contribution >= 0.6 is 0 Å². The summed E-state index contributed by atoms with van der Waals surface area (Å²) in [5, 5.41) is 0. The molecule has 0 aromatic carbocycles. The minimum atomic E-state index is 0.531. The molecule has 0 aromatic heterocycles. The molecule has 0 aliphatic rings. The molecule has 0 rings (SSSR count). The molecule has 0 saturated carbocycles. The minimum absolute atomic E-state index is 0.531. The minimum Gasteiger partial charge on any atom is -0.0654 e. The van der Waals surface area contributed by atoms with Crippen LogP contribution in [0, 0.1) is 35.0 Å². The van der Waals surface area contributed by atoms with Crippen molar-refractivity contribution in [2.75, 3.05) is 0 Å². The second kappa shape index (κ2) is 9.11. The van der Waals surface area contributed by atoms with Crippen molar-refractivity contribution in [1.82, 2.24) is 0 Å². The van der Waals surface area contributed by atoms with Crippen molar-refractivity contribution in [3.05, 3.63) is 0 Å². The van der Waals surface area contributed by atoms with Gasteiger partial charge in [-0.15, -0.1) is 0 Å². The summed E-state index contributed by atoms with van der Waals surface area (Å²) in [7, 11) is 0. The van der Waals surface area contributed by atoms with Gasteiger partial charge < -0.3 is 0 Å². The van der Waals surface area contributed by atoms with Gasteiger partial charge in [0.05, 0.1) is 0 Å². The lowest BCUT2D eigenvalue weighted by atomic mass is 9.65. The monoisotopic (exact) mass is 282 g/mol. The first-order valence-corrected chi connectivity index (χ1v) is 9.14. The zero-order valence-electron chi connectivity index (χ0n) is 15.9. The quantitative estimate of drug-likeness (QED) is 0.398. The summed E-state index contributed by atoms with van der Waals surface area (Å²) >= 11 is 0. The van der Waals surface area contributed by atoms with Gasteiger partial charge in [0.15, 0.2) is 0 Å². The van der Waals surface area contributed by atoms with Crippen LogP contribution in [0.1, 0.15) is 94.4 Å². The maximum Gasteiger partial charge on any atom is -0.0295 e.